The van der Waals surface area contributed by atoms with Crippen LogP contribution in [0.5, 0.6) is 0 Å². The van der Waals surface area contributed by atoms with Gasteiger partial charge in [0.1, 0.15) is 17.8 Å². The number of benzene rings is 1. The number of hydrogen-bond acceptors (Lipinski definition) is 4. The van der Waals surface area contributed by atoms with Gasteiger partial charge >= 0.3 is 7.60 Å². The molecule has 0 atom stereocenters. The molecule has 0 spiro atoms. The molecule has 0 unspecified atom stereocenters. The molecule has 0 radical (unpaired) electrons. The first-order valence-corrected chi connectivity index (χ1v) is 6.68. The zero-order valence-electron chi connectivity index (χ0n) is 9.68. The van der Waals surface area contributed by atoms with E-state index in [4.69, 9.17) is 0 Å². The van der Waals surface area contributed by atoms with Crippen LogP contribution in [0.15, 0.2) is 24.3 Å². The van der Waals surface area contributed by atoms with Gasteiger partial charge in [0.25, 0.3) is 0 Å². The fourth-order valence-electron chi connectivity index (χ4n) is 1.31. The van der Waals surface area contributed by atoms with Gasteiger partial charge in [-0.15, -0.1) is 0 Å². The third-order valence-electron chi connectivity index (χ3n) is 2.24. The lowest BCUT2D eigenvalue weighted by atomic mass is 10.1. The van der Waals surface area contributed by atoms with E-state index in [0.29, 0.717) is 5.56 Å². The van der Waals surface area contributed by atoms with Gasteiger partial charge in [-0.2, -0.15) is 0 Å². The number of carbonyl (C=O) groups is 1. The molecule has 0 aliphatic heterocycles. The lowest BCUT2D eigenvalue weighted by Crippen LogP contribution is -2.10. The number of halogens is 1. The number of rotatable bonds is 6. The van der Waals surface area contributed by atoms with Crippen LogP contribution in [0.4, 0.5) is 4.39 Å². The first kappa shape index (κ1) is 14.0. The maximum absolute atomic E-state index is 12.6. The molecule has 0 saturated heterocycles. The second-order valence-corrected chi connectivity index (χ2v) is 5.74. The highest BCUT2D eigenvalue weighted by Crippen LogP contribution is 2.46. The van der Waals surface area contributed by atoms with E-state index in [-0.39, 0.29) is 24.2 Å². The highest BCUT2D eigenvalue weighted by molar-refractivity contribution is 7.54. The fraction of sp³-hybridized carbons (Fsp3) is 0.364. The van der Waals surface area contributed by atoms with E-state index in [0.717, 1.165) is 0 Å². The third kappa shape index (κ3) is 4.38. The summed E-state index contributed by atoms with van der Waals surface area (Å²) in [6.07, 6.45) is -0.200. The lowest BCUT2D eigenvalue weighted by molar-refractivity contribution is -0.116. The first-order chi connectivity index (χ1) is 7.99. The molecule has 1 aromatic carbocycles. The van der Waals surface area contributed by atoms with Gasteiger partial charge in [0, 0.05) is 20.6 Å². The van der Waals surface area contributed by atoms with E-state index in [1.54, 1.807) is 0 Å². The normalized spacial score (nSPS) is 11.5. The number of ketones is 1. The Hall–Kier alpha value is -1.03. The number of Topliss-reactive ketones (excluding diaryl/α,β-unsaturated/α-hetero) is 1. The summed E-state index contributed by atoms with van der Waals surface area (Å²) in [5.41, 5.74) is 0.662. The molecule has 1 rings (SSSR count). The quantitative estimate of drug-likeness (QED) is 0.737. The second kappa shape index (κ2) is 6.05. The van der Waals surface area contributed by atoms with Crippen molar-refractivity contribution in [3.63, 3.8) is 0 Å². The topological polar surface area (TPSA) is 52.6 Å². The van der Waals surface area contributed by atoms with Crippen LogP contribution in [0.25, 0.3) is 0 Å². The van der Waals surface area contributed by atoms with Gasteiger partial charge in [-0.25, -0.2) is 4.39 Å². The Morgan fingerprint density at radius 3 is 2.24 bits per heavy atom. The second-order valence-electron chi connectivity index (χ2n) is 3.48. The fourth-order valence-corrected chi connectivity index (χ4v) is 2.26. The Labute approximate surface area is 99.3 Å². The van der Waals surface area contributed by atoms with Crippen LogP contribution < -0.4 is 0 Å². The van der Waals surface area contributed by atoms with E-state index >= 15 is 0 Å². The van der Waals surface area contributed by atoms with Gasteiger partial charge < -0.3 is 9.05 Å². The molecule has 17 heavy (non-hydrogen) atoms. The summed E-state index contributed by atoms with van der Waals surface area (Å²) in [6, 6.07) is 5.57. The summed E-state index contributed by atoms with van der Waals surface area (Å²) >= 11 is 0. The van der Waals surface area contributed by atoms with Crippen molar-refractivity contribution in [3.8, 4) is 0 Å². The van der Waals surface area contributed by atoms with Crippen molar-refractivity contribution < 1.29 is 22.8 Å². The van der Waals surface area contributed by atoms with Crippen LogP contribution >= 0.6 is 7.60 Å². The van der Waals surface area contributed by atoms with Gasteiger partial charge in [0.2, 0.25) is 0 Å². The van der Waals surface area contributed by atoms with Crippen molar-refractivity contribution in [1.29, 1.82) is 0 Å². The molecule has 94 valence electrons. The van der Waals surface area contributed by atoms with Crippen LogP contribution in [0, 0.1) is 5.82 Å². The summed E-state index contributed by atoms with van der Waals surface area (Å²) in [5, 5.41) is 0. The minimum Gasteiger partial charge on any atom is -0.312 e. The highest BCUT2D eigenvalue weighted by Gasteiger charge is 2.25. The van der Waals surface area contributed by atoms with E-state index in [1.165, 1.54) is 38.5 Å². The molecule has 0 aromatic heterocycles. The SMILES string of the molecule is COP(=O)(CC(=O)Cc1ccc(F)cc1)OC. The van der Waals surface area contributed by atoms with E-state index in [2.05, 4.69) is 9.05 Å². The lowest BCUT2D eigenvalue weighted by Gasteiger charge is -2.12. The van der Waals surface area contributed by atoms with Crippen LogP contribution in [0.3, 0.4) is 0 Å². The molecule has 1 aromatic rings. The summed E-state index contributed by atoms with van der Waals surface area (Å²) in [6.45, 7) is 0. The van der Waals surface area contributed by atoms with Gasteiger partial charge in [0.05, 0.1) is 0 Å². The average molecular weight is 260 g/mol. The Balaban J connectivity index is 2.61. The predicted molar refractivity (Wildman–Crippen MR) is 61.6 cm³/mol. The Morgan fingerprint density at radius 2 is 1.76 bits per heavy atom. The molecule has 0 bridgehead atoms. The molecule has 0 heterocycles. The predicted octanol–water partition coefficient (Wildman–Crippen LogP) is 2.42. The summed E-state index contributed by atoms with van der Waals surface area (Å²) in [5.74, 6) is -0.635. The van der Waals surface area contributed by atoms with E-state index < -0.39 is 7.60 Å². The van der Waals surface area contributed by atoms with Crippen molar-refractivity contribution in [1.82, 2.24) is 0 Å². The maximum Gasteiger partial charge on any atom is 0.337 e. The summed E-state index contributed by atoms with van der Waals surface area (Å²) in [4.78, 5) is 11.6. The molecule has 6 heteroatoms. The van der Waals surface area contributed by atoms with E-state index in [9.17, 15) is 13.8 Å². The van der Waals surface area contributed by atoms with Gasteiger partial charge in [-0.05, 0) is 17.7 Å². The minimum absolute atomic E-state index is 0.0803. The Morgan fingerprint density at radius 1 is 1.24 bits per heavy atom. The average Bonchev–Trinajstić information content (AvgIpc) is 2.32. The third-order valence-corrected chi connectivity index (χ3v) is 4.09. The molecular weight excluding hydrogens is 246 g/mol. The molecule has 0 N–H and O–H groups in total. The molecular formula is C11H14FO4P. The number of carbonyl (C=O) groups excluding carboxylic acids is 1. The van der Waals surface area contributed by atoms with Gasteiger partial charge in [-0.3, -0.25) is 9.36 Å². The molecule has 0 saturated carbocycles. The summed E-state index contributed by atoms with van der Waals surface area (Å²) < 4.78 is 33.6. The standard InChI is InChI=1S/C11H14FO4P/c1-15-17(14,16-2)8-11(13)7-9-3-5-10(12)6-4-9/h3-6H,7-8H2,1-2H3. The monoisotopic (exact) mass is 260 g/mol. The number of hydrogen-bond donors (Lipinski definition) is 0. The van der Waals surface area contributed by atoms with Crippen LogP contribution in [0.1, 0.15) is 5.56 Å². The molecule has 4 nitrogen and oxygen atoms in total. The van der Waals surface area contributed by atoms with Crippen LogP contribution in [0.2, 0.25) is 0 Å². The van der Waals surface area contributed by atoms with Crippen molar-refractivity contribution >= 4 is 13.4 Å². The molecule has 0 aliphatic carbocycles. The highest BCUT2D eigenvalue weighted by atomic mass is 31.2. The van der Waals surface area contributed by atoms with Crippen molar-refractivity contribution in [2.24, 2.45) is 0 Å². The van der Waals surface area contributed by atoms with Gasteiger partial charge in [-0.1, -0.05) is 12.1 Å². The maximum atomic E-state index is 12.6. The van der Waals surface area contributed by atoms with Crippen molar-refractivity contribution in [2.75, 3.05) is 20.4 Å². The molecule has 0 fully saturated rings. The van der Waals surface area contributed by atoms with Crippen molar-refractivity contribution in [3.05, 3.63) is 35.6 Å². The molecule has 0 amide bonds. The summed E-state index contributed by atoms with van der Waals surface area (Å²) in [7, 11) is -0.844. The zero-order chi connectivity index (χ0) is 12.9. The van der Waals surface area contributed by atoms with Crippen LogP contribution in [-0.2, 0) is 24.8 Å². The van der Waals surface area contributed by atoms with Crippen LogP contribution in [-0.4, -0.2) is 26.2 Å². The van der Waals surface area contributed by atoms with E-state index in [1.807, 2.05) is 0 Å². The first-order valence-electron chi connectivity index (χ1n) is 4.96. The van der Waals surface area contributed by atoms with Gasteiger partial charge in [0.15, 0.2) is 0 Å². The van der Waals surface area contributed by atoms with Crippen molar-refractivity contribution in [2.45, 2.75) is 6.42 Å². The molecule has 0 aliphatic rings. The largest absolute Gasteiger partial charge is 0.337 e. The smallest absolute Gasteiger partial charge is 0.312 e. The Kier molecular flexibility index (Phi) is 5.00. The Bertz CT molecular complexity index is 422. The zero-order valence-corrected chi connectivity index (χ0v) is 10.6. The minimum atomic E-state index is -3.31.